The molecule has 1 aliphatic rings. The molecule has 0 aromatic heterocycles. The van der Waals surface area contributed by atoms with Crippen LogP contribution >= 0.6 is 0 Å². The Morgan fingerprint density at radius 3 is 1.41 bits per heavy atom. The summed E-state index contributed by atoms with van der Waals surface area (Å²) in [5.74, 6) is 0. The Hall–Kier alpha value is -6.96. The lowest BCUT2D eigenvalue weighted by atomic mass is 9.78. The average molecular weight is 828 g/mol. The number of para-hydroxylation sites is 3. The van der Waals surface area contributed by atoms with Gasteiger partial charge in [0.05, 0.1) is 17.1 Å². The third kappa shape index (κ3) is 7.14. The minimum atomic E-state index is -0.116. The van der Waals surface area contributed by atoms with Gasteiger partial charge in [-0.3, -0.25) is 0 Å². The molecule has 0 amide bonds. The van der Waals surface area contributed by atoms with Crippen LogP contribution in [0.15, 0.2) is 200 Å². The van der Waals surface area contributed by atoms with Gasteiger partial charge >= 0.3 is 0 Å². The van der Waals surface area contributed by atoms with Crippen molar-refractivity contribution in [3.8, 4) is 55.6 Å². The largest absolute Gasteiger partial charge is 0.309 e. The highest BCUT2D eigenvalue weighted by Gasteiger charge is 2.35. The molecule has 0 N–H and O–H groups in total. The van der Waals surface area contributed by atoms with E-state index in [9.17, 15) is 0 Å². The van der Waals surface area contributed by atoms with Crippen molar-refractivity contribution in [2.45, 2.75) is 71.6 Å². The normalized spacial score (nSPS) is 13.1. The zero-order valence-electron chi connectivity index (χ0n) is 38.5. The lowest BCUT2D eigenvalue weighted by Gasteiger charge is -2.32. The van der Waals surface area contributed by atoms with Gasteiger partial charge in [0.25, 0.3) is 0 Å². The summed E-state index contributed by atoms with van der Waals surface area (Å²) < 4.78 is 0. The van der Waals surface area contributed by atoms with Crippen LogP contribution in [0.25, 0.3) is 66.4 Å². The summed E-state index contributed by atoms with van der Waals surface area (Å²) in [6.07, 6.45) is 0. The van der Waals surface area contributed by atoms with E-state index in [1.54, 1.807) is 0 Å². The molecule has 0 aliphatic heterocycles. The summed E-state index contributed by atoms with van der Waals surface area (Å²) in [7, 11) is 0. The van der Waals surface area contributed by atoms with Gasteiger partial charge in [-0.15, -0.1) is 0 Å². The molecular formula is C63H57N. The molecule has 64 heavy (non-hydrogen) atoms. The van der Waals surface area contributed by atoms with Crippen molar-refractivity contribution in [1.29, 1.82) is 0 Å². The minimum absolute atomic E-state index is 0.00533. The van der Waals surface area contributed by atoms with Crippen molar-refractivity contribution >= 4 is 27.8 Å². The molecule has 0 spiro atoms. The molecule has 0 unspecified atom stereocenters. The summed E-state index contributed by atoms with van der Waals surface area (Å²) in [4.78, 5) is 2.53. The van der Waals surface area contributed by atoms with Crippen LogP contribution < -0.4 is 4.90 Å². The van der Waals surface area contributed by atoms with Crippen LogP contribution in [0, 0.1) is 0 Å². The van der Waals surface area contributed by atoms with Crippen molar-refractivity contribution in [1.82, 2.24) is 0 Å². The van der Waals surface area contributed by atoms with E-state index in [0.29, 0.717) is 0 Å². The Balaban J connectivity index is 1.23. The third-order valence-corrected chi connectivity index (χ3v) is 13.6. The summed E-state index contributed by atoms with van der Waals surface area (Å²) >= 11 is 0. The quantitative estimate of drug-likeness (QED) is 0.155. The summed E-state index contributed by atoms with van der Waals surface area (Å²) in [6.45, 7) is 18.7. The molecule has 0 heterocycles. The highest BCUT2D eigenvalue weighted by molar-refractivity contribution is 6.09. The first-order valence-corrected chi connectivity index (χ1v) is 22.8. The number of hydrogen-bond donors (Lipinski definition) is 0. The smallest absolute Gasteiger partial charge is 0.0540 e. The molecular weight excluding hydrogens is 771 g/mol. The Morgan fingerprint density at radius 1 is 0.328 bits per heavy atom. The minimum Gasteiger partial charge on any atom is -0.309 e. The second-order valence-corrected chi connectivity index (χ2v) is 20.2. The maximum Gasteiger partial charge on any atom is 0.0540 e. The number of rotatable bonds is 7. The van der Waals surface area contributed by atoms with Crippen molar-refractivity contribution in [3.63, 3.8) is 0 Å². The predicted molar refractivity (Wildman–Crippen MR) is 275 cm³/mol. The van der Waals surface area contributed by atoms with Gasteiger partial charge in [0.1, 0.15) is 0 Å². The zero-order chi connectivity index (χ0) is 44.4. The van der Waals surface area contributed by atoms with Gasteiger partial charge in [0, 0.05) is 22.1 Å². The number of benzene rings is 9. The monoisotopic (exact) mass is 827 g/mol. The standard InChI is InChI=1S/C63H57N/c1-61(2,3)46-38-45(39-47(41-46)62(4,5)6)50-30-20-24-43-25-21-31-54(60(43)50)53-29-15-19-35-59(53)64(57-33-17-13-26-48(57)42-22-10-9-11-23-42)58-34-18-14-27-49(58)44-36-37-52-51-28-12-16-32-55(51)63(7,8)56(52)40-44/h9-41H,1-8H3. The average Bonchev–Trinajstić information content (AvgIpc) is 3.54. The lowest BCUT2D eigenvalue weighted by molar-refractivity contribution is 0.569. The predicted octanol–water partition coefficient (Wildman–Crippen LogP) is 17.9. The Labute approximate surface area is 380 Å². The SMILES string of the molecule is CC(C)(C)c1cc(-c2cccc3cccc(-c4ccccc4N(c4ccccc4-c4ccccc4)c4ccccc4-c4ccc5c(c4)C(C)(C)c4ccccc4-5)c23)cc(C(C)(C)C)c1. The number of hydrogen-bond acceptors (Lipinski definition) is 1. The molecule has 1 nitrogen and oxygen atoms in total. The van der Waals surface area contributed by atoms with Crippen molar-refractivity contribution in [2.24, 2.45) is 0 Å². The van der Waals surface area contributed by atoms with Crippen LogP contribution in [0.3, 0.4) is 0 Å². The zero-order valence-corrected chi connectivity index (χ0v) is 38.5. The van der Waals surface area contributed by atoms with Gasteiger partial charge in [-0.2, -0.15) is 0 Å². The highest BCUT2D eigenvalue weighted by Crippen LogP contribution is 2.53. The number of nitrogens with zero attached hydrogens (tertiary/aromatic N) is 1. The van der Waals surface area contributed by atoms with E-state index in [-0.39, 0.29) is 16.2 Å². The topological polar surface area (TPSA) is 3.24 Å². The number of fused-ring (bicyclic) bond motifs is 4. The molecule has 0 radical (unpaired) electrons. The van der Waals surface area contributed by atoms with Gasteiger partial charge in [0.15, 0.2) is 0 Å². The van der Waals surface area contributed by atoms with E-state index < -0.39 is 0 Å². The fourth-order valence-electron chi connectivity index (χ4n) is 10.1. The third-order valence-electron chi connectivity index (χ3n) is 13.6. The van der Waals surface area contributed by atoms with Gasteiger partial charge < -0.3 is 4.90 Å². The van der Waals surface area contributed by atoms with Crippen molar-refractivity contribution in [3.05, 3.63) is 222 Å². The van der Waals surface area contributed by atoms with E-state index in [1.807, 2.05) is 0 Å². The van der Waals surface area contributed by atoms with Crippen LogP contribution in [0.5, 0.6) is 0 Å². The second kappa shape index (κ2) is 15.7. The molecule has 1 heteroatoms. The van der Waals surface area contributed by atoms with Crippen molar-refractivity contribution < 1.29 is 0 Å². The summed E-state index contributed by atoms with van der Waals surface area (Å²) in [5, 5.41) is 2.48. The van der Waals surface area contributed by atoms with E-state index in [4.69, 9.17) is 0 Å². The molecule has 0 saturated carbocycles. The van der Waals surface area contributed by atoms with E-state index >= 15 is 0 Å². The van der Waals surface area contributed by atoms with Crippen LogP contribution in [0.1, 0.15) is 77.6 Å². The van der Waals surface area contributed by atoms with Crippen molar-refractivity contribution in [2.75, 3.05) is 4.90 Å². The molecule has 9 aromatic rings. The first kappa shape index (κ1) is 41.1. The molecule has 0 bridgehead atoms. The maximum atomic E-state index is 2.53. The van der Waals surface area contributed by atoms with Gasteiger partial charge in [-0.1, -0.05) is 231 Å². The molecule has 314 valence electrons. The molecule has 9 aromatic carbocycles. The first-order valence-electron chi connectivity index (χ1n) is 22.8. The van der Waals surface area contributed by atoms with Gasteiger partial charge in [-0.05, 0) is 107 Å². The summed E-state index contributed by atoms with van der Waals surface area (Å²) in [6, 6.07) is 74.7. The van der Waals surface area contributed by atoms with Gasteiger partial charge in [0.2, 0.25) is 0 Å². The van der Waals surface area contributed by atoms with Crippen LogP contribution in [-0.4, -0.2) is 0 Å². The van der Waals surface area contributed by atoms with Crippen LogP contribution in [-0.2, 0) is 16.2 Å². The Bertz CT molecular complexity index is 3170. The van der Waals surface area contributed by atoms with E-state index in [2.05, 4.69) is 260 Å². The fraction of sp³-hybridized carbons (Fsp3) is 0.175. The molecule has 1 aliphatic carbocycles. The van der Waals surface area contributed by atoms with Crippen LogP contribution in [0.2, 0.25) is 0 Å². The van der Waals surface area contributed by atoms with Crippen LogP contribution in [0.4, 0.5) is 17.1 Å². The second-order valence-electron chi connectivity index (χ2n) is 20.2. The molecule has 0 saturated heterocycles. The van der Waals surface area contributed by atoms with Gasteiger partial charge in [-0.25, -0.2) is 0 Å². The maximum absolute atomic E-state index is 2.53. The summed E-state index contributed by atoms with van der Waals surface area (Å²) in [5.41, 5.74) is 21.0. The Kier molecular flexibility index (Phi) is 10.1. The first-order chi connectivity index (χ1) is 30.8. The molecule has 0 atom stereocenters. The Morgan fingerprint density at radius 2 is 0.797 bits per heavy atom. The molecule has 0 fully saturated rings. The fourth-order valence-corrected chi connectivity index (χ4v) is 10.1. The highest BCUT2D eigenvalue weighted by atomic mass is 15.1. The van der Waals surface area contributed by atoms with E-state index in [0.717, 1.165) is 17.1 Å². The lowest BCUT2D eigenvalue weighted by Crippen LogP contribution is -2.16. The molecule has 10 rings (SSSR count). The van der Waals surface area contributed by atoms with E-state index in [1.165, 1.54) is 88.7 Å². The number of anilines is 3.